The predicted octanol–water partition coefficient (Wildman–Crippen LogP) is 2.03. The highest BCUT2D eigenvalue weighted by Crippen LogP contribution is 2.37. The molecular formula is C23H27ClN4O4. The zero-order chi connectivity index (χ0) is 22.8. The van der Waals surface area contributed by atoms with Crippen LogP contribution in [0, 0.1) is 0 Å². The summed E-state index contributed by atoms with van der Waals surface area (Å²) in [5.41, 5.74) is 3.09. The Morgan fingerprint density at radius 3 is 2.38 bits per heavy atom. The summed E-state index contributed by atoms with van der Waals surface area (Å²) in [5.74, 6) is -0.955. The number of carbonyl (C=O) groups is 2. The van der Waals surface area contributed by atoms with E-state index in [2.05, 4.69) is 15.1 Å². The maximum atomic E-state index is 12.8. The van der Waals surface area contributed by atoms with E-state index >= 15 is 0 Å². The van der Waals surface area contributed by atoms with Crippen molar-refractivity contribution in [3.05, 3.63) is 57.0 Å². The van der Waals surface area contributed by atoms with Crippen molar-refractivity contribution in [3.8, 4) is 0 Å². The second-order valence-corrected chi connectivity index (χ2v) is 8.54. The number of methoxy groups -OCH3 is 1. The third kappa shape index (κ3) is 4.25. The third-order valence-corrected chi connectivity index (χ3v) is 6.68. The molecule has 32 heavy (non-hydrogen) atoms. The Bertz CT molecular complexity index is 1090. The van der Waals surface area contributed by atoms with Gasteiger partial charge >= 0.3 is 0 Å². The van der Waals surface area contributed by atoms with Crippen molar-refractivity contribution in [2.75, 3.05) is 43.1 Å². The van der Waals surface area contributed by atoms with E-state index in [-0.39, 0.29) is 17.4 Å². The Kier molecular flexibility index (Phi) is 6.53. The molecule has 3 heterocycles. The summed E-state index contributed by atoms with van der Waals surface area (Å²) in [4.78, 5) is 40.9. The van der Waals surface area contributed by atoms with Gasteiger partial charge in [0.25, 0.3) is 5.56 Å². The average molecular weight is 459 g/mol. The number of carbonyl (C=O) groups excluding carboxylic acids is 2. The highest BCUT2D eigenvalue weighted by atomic mass is 35.5. The Morgan fingerprint density at radius 2 is 1.72 bits per heavy atom. The molecule has 9 heteroatoms. The summed E-state index contributed by atoms with van der Waals surface area (Å²) in [6, 6.07) is 9.49. The van der Waals surface area contributed by atoms with Gasteiger partial charge in [-0.2, -0.15) is 0 Å². The standard InChI is InChI=1S/C23H27ClN4O4/c1-26-15(14-32-2)6-8-19(23(26)31)28-12-10-27(11-13-28)18-5-3-4-16(21(18)24)17-7-9-20(29)25-22(17)30/h3-6,8,17H,7,9-14H2,1-2H3,(H,25,29,30). The van der Waals surface area contributed by atoms with Crippen molar-refractivity contribution in [3.63, 3.8) is 0 Å². The minimum Gasteiger partial charge on any atom is -0.378 e. The summed E-state index contributed by atoms with van der Waals surface area (Å²) in [6.45, 7) is 3.14. The molecule has 1 unspecified atom stereocenters. The van der Waals surface area contributed by atoms with Gasteiger partial charge in [0.1, 0.15) is 5.69 Å². The number of piperazine rings is 1. The Balaban J connectivity index is 1.50. The number of rotatable bonds is 5. The molecule has 1 aromatic heterocycles. The molecule has 1 aromatic carbocycles. The number of imide groups is 1. The summed E-state index contributed by atoms with van der Waals surface area (Å²) in [6.07, 6.45) is 0.776. The zero-order valence-electron chi connectivity index (χ0n) is 18.3. The number of benzene rings is 1. The van der Waals surface area contributed by atoms with Crippen LogP contribution in [0.25, 0.3) is 0 Å². The summed E-state index contributed by atoms with van der Waals surface area (Å²) in [7, 11) is 3.37. The highest BCUT2D eigenvalue weighted by Gasteiger charge is 2.31. The van der Waals surface area contributed by atoms with Gasteiger partial charge in [0.15, 0.2) is 0 Å². The maximum absolute atomic E-state index is 12.8. The molecule has 2 aliphatic rings. The lowest BCUT2D eigenvalue weighted by Gasteiger charge is -2.38. The van der Waals surface area contributed by atoms with E-state index in [1.807, 2.05) is 30.3 Å². The van der Waals surface area contributed by atoms with Crippen molar-refractivity contribution in [2.45, 2.75) is 25.4 Å². The van der Waals surface area contributed by atoms with Crippen molar-refractivity contribution in [1.82, 2.24) is 9.88 Å². The zero-order valence-corrected chi connectivity index (χ0v) is 19.0. The van der Waals surface area contributed by atoms with Crippen LogP contribution in [-0.4, -0.2) is 49.7 Å². The van der Waals surface area contributed by atoms with Gasteiger partial charge in [-0.1, -0.05) is 23.7 Å². The summed E-state index contributed by atoms with van der Waals surface area (Å²) >= 11 is 6.74. The average Bonchev–Trinajstić information content (AvgIpc) is 2.78. The van der Waals surface area contributed by atoms with E-state index in [0.29, 0.717) is 56.3 Å². The van der Waals surface area contributed by atoms with Gasteiger partial charge in [0.2, 0.25) is 11.8 Å². The van der Waals surface area contributed by atoms with Gasteiger partial charge in [0, 0.05) is 52.5 Å². The number of halogens is 1. The van der Waals surface area contributed by atoms with Crippen molar-refractivity contribution in [1.29, 1.82) is 0 Å². The molecule has 2 fully saturated rings. The number of piperidine rings is 1. The Morgan fingerprint density at radius 1 is 1.03 bits per heavy atom. The SMILES string of the molecule is COCc1ccc(N2CCN(c3cccc(C4CCC(=O)NC4=O)c3Cl)CC2)c(=O)n1C. The molecule has 0 bridgehead atoms. The lowest BCUT2D eigenvalue weighted by Crippen LogP contribution is -2.48. The van der Waals surface area contributed by atoms with Gasteiger partial charge in [-0.15, -0.1) is 0 Å². The van der Waals surface area contributed by atoms with Crippen LogP contribution in [0.15, 0.2) is 35.1 Å². The normalized spacial score (nSPS) is 19.3. The van der Waals surface area contributed by atoms with Gasteiger partial charge in [-0.25, -0.2) is 0 Å². The van der Waals surface area contributed by atoms with Gasteiger partial charge in [-0.3, -0.25) is 19.7 Å². The number of amides is 2. The predicted molar refractivity (Wildman–Crippen MR) is 123 cm³/mol. The minimum absolute atomic E-state index is 0.0362. The smallest absolute Gasteiger partial charge is 0.274 e. The van der Waals surface area contributed by atoms with E-state index in [9.17, 15) is 14.4 Å². The van der Waals surface area contributed by atoms with Crippen LogP contribution in [0.4, 0.5) is 11.4 Å². The summed E-state index contributed by atoms with van der Waals surface area (Å²) in [5, 5.41) is 2.95. The van der Waals surface area contributed by atoms with E-state index in [4.69, 9.17) is 16.3 Å². The number of anilines is 2. The second-order valence-electron chi connectivity index (χ2n) is 8.17. The molecule has 0 radical (unpaired) electrons. The lowest BCUT2D eigenvalue weighted by molar-refractivity contribution is -0.134. The molecule has 2 amide bonds. The first kappa shape index (κ1) is 22.4. The number of pyridine rings is 1. The first-order valence-corrected chi connectivity index (χ1v) is 11.1. The Labute approximate surface area is 191 Å². The molecule has 4 rings (SSSR count). The monoisotopic (exact) mass is 458 g/mol. The molecule has 170 valence electrons. The number of aromatic nitrogens is 1. The van der Waals surface area contributed by atoms with Gasteiger partial charge in [0.05, 0.1) is 23.2 Å². The summed E-state index contributed by atoms with van der Waals surface area (Å²) < 4.78 is 6.78. The van der Waals surface area contributed by atoms with Crippen molar-refractivity contribution >= 4 is 34.8 Å². The van der Waals surface area contributed by atoms with Gasteiger partial charge in [-0.05, 0) is 30.2 Å². The van der Waals surface area contributed by atoms with Crippen LogP contribution in [-0.2, 0) is 28.0 Å². The van der Waals surface area contributed by atoms with Crippen LogP contribution < -0.4 is 20.7 Å². The van der Waals surface area contributed by atoms with Crippen LogP contribution in [0.5, 0.6) is 0 Å². The molecule has 1 atom stereocenters. The fourth-order valence-electron chi connectivity index (χ4n) is 4.42. The number of ether oxygens (including phenoxy) is 1. The number of hydrogen-bond donors (Lipinski definition) is 1. The van der Waals surface area contributed by atoms with Crippen molar-refractivity contribution in [2.24, 2.45) is 7.05 Å². The molecule has 2 aliphatic heterocycles. The molecular weight excluding hydrogens is 432 g/mol. The topological polar surface area (TPSA) is 83.9 Å². The third-order valence-electron chi connectivity index (χ3n) is 6.26. The molecule has 2 aromatic rings. The second kappa shape index (κ2) is 9.34. The highest BCUT2D eigenvalue weighted by molar-refractivity contribution is 6.34. The fourth-order valence-corrected chi connectivity index (χ4v) is 4.80. The molecule has 1 N–H and O–H groups in total. The minimum atomic E-state index is -0.421. The molecule has 0 saturated carbocycles. The first-order chi connectivity index (χ1) is 15.4. The van der Waals surface area contributed by atoms with Crippen LogP contribution in [0.3, 0.4) is 0 Å². The first-order valence-electron chi connectivity index (χ1n) is 10.7. The number of hydrogen-bond acceptors (Lipinski definition) is 6. The number of nitrogens with zero attached hydrogens (tertiary/aromatic N) is 3. The quantitative estimate of drug-likeness (QED) is 0.690. The van der Waals surface area contributed by atoms with E-state index in [1.165, 1.54) is 0 Å². The van der Waals surface area contributed by atoms with Gasteiger partial charge < -0.3 is 19.1 Å². The van der Waals surface area contributed by atoms with E-state index < -0.39 is 5.92 Å². The molecule has 0 aliphatic carbocycles. The fraction of sp³-hybridized carbons (Fsp3) is 0.435. The molecule has 0 spiro atoms. The Hall–Kier alpha value is -2.84. The maximum Gasteiger partial charge on any atom is 0.274 e. The largest absolute Gasteiger partial charge is 0.378 e. The van der Waals surface area contributed by atoms with Crippen LogP contribution >= 0.6 is 11.6 Å². The number of nitrogens with one attached hydrogen (secondary N) is 1. The lowest BCUT2D eigenvalue weighted by atomic mass is 9.90. The van der Waals surface area contributed by atoms with E-state index in [0.717, 1.165) is 16.9 Å². The van der Waals surface area contributed by atoms with E-state index in [1.54, 1.807) is 18.7 Å². The van der Waals surface area contributed by atoms with Crippen molar-refractivity contribution < 1.29 is 14.3 Å². The van der Waals surface area contributed by atoms with Crippen LogP contribution in [0.1, 0.15) is 30.0 Å². The molecule has 8 nitrogen and oxygen atoms in total. The molecule has 2 saturated heterocycles. The van der Waals surface area contributed by atoms with Crippen LogP contribution in [0.2, 0.25) is 5.02 Å².